The monoisotopic (exact) mass is 330 g/mol. The molecule has 0 amide bonds. The van der Waals surface area contributed by atoms with Crippen LogP contribution in [0, 0.1) is 0 Å². The van der Waals surface area contributed by atoms with Crippen LogP contribution in [0.5, 0.6) is 0 Å². The number of nitrogens with zero attached hydrogens (tertiary/aromatic N) is 1. The maximum Gasteiger partial charge on any atom is 0.416 e. The molecule has 0 aliphatic carbocycles. The summed E-state index contributed by atoms with van der Waals surface area (Å²) in [6.07, 6.45) is -1.24. The van der Waals surface area contributed by atoms with Crippen molar-refractivity contribution in [1.29, 1.82) is 0 Å². The SMILES string of the molecule is FC(F)(F)c1cc(Cl)c(-c2cc3cnccc3[nH]2)c(Cl)c1. The molecular weight excluding hydrogens is 324 g/mol. The molecule has 7 heteroatoms. The Hall–Kier alpha value is -1.72. The third-order valence-corrected chi connectivity index (χ3v) is 3.66. The first kappa shape index (κ1) is 14.2. The van der Waals surface area contributed by atoms with Gasteiger partial charge in [-0.2, -0.15) is 13.2 Å². The molecule has 0 aliphatic rings. The highest BCUT2D eigenvalue weighted by Gasteiger charge is 2.32. The maximum absolute atomic E-state index is 12.7. The van der Waals surface area contributed by atoms with Crippen LogP contribution in [0.3, 0.4) is 0 Å². The van der Waals surface area contributed by atoms with Crippen molar-refractivity contribution in [2.45, 2.75) is 6.18 Å². The summed E-state index contributed by atoms with van der Waals surface area (Å²) in [5, 5.41) is 0.697. The van der Waals surface area contributed by atoms with E-state index in [2.05, 4.69) is 9.97 Å². The van der Waals surface area contributed by atoms with Gasteiger partial charge in [-0.25, -0.2) is 0 Å². The lowest BCUT2D eigenvalue weighted by Crippen LogP contribution is -2.05. The van der Waals surface area contributed by atoms with Crippen LogP contribution in [0.4, 0.5) is 13.2 Å². The van der Waals surface area contributed by atoms with Crippen molar-refractivity contribution in [3.63, 3.8) is 0 Å². The fraction of sp³-hybridized carbons (Fsp3) is 0.0714. The summed E-state index contributed by atoms with van der Waals surface area (Å²) in [6, 6.07) is 5.23. The van der Waals surface area contributed by atoms with Gasteiger partial charge in [0.2, 0.25) is 0 Å². The van der Waals surface area contributed by atoms with E-state index in [0.717, 1.165) is 23.0 Å². The van der Waals surface area contributed by atoms with Crippen LogP contribution in [0.25, 0.3) is 22.2 Å². The predicted octanol–water partition coefficient (Wildman–Crippen LogP) is 5.56. The van der Waals surface area contributed by atoms with Gasteiger partial charge in [-0.05, 0) is 24.3 Å². The number of pyridine rings is 1. The quantitative estimate of drug-likeness (QED) is 0.622. The Kier molecular flexibility index (Phi) is 3.34. The van der Waals surface area contributed by atoms with Gasteiger partial charge < -0.3 is 4.98 Å². The predicted molar refractivity (Wildman–Crippen MR) is 76.6 cm³/mol. The lowest BCUT2D eigenvalue weighted by Gasteiger charge is -2.11. The summed E-state index contributed by atoms with van der Waals surface area (Å²) < 4.78 is 38.1. The van der Waals surface area contributed by atoms with Crippen molar-refractivity contribution in [2.24, 2.45) is 0 Å². The van der Waals surface area contributed by atoms with Gasteiger partial charge >= 0.3 is 6.18 Å². The average molecular weight is 331 g/mol. The van der Waals surface area contributed by atoms with E-state index in [1.54, 1.807) is 24.5 Å². The van der Waals surface area contributed by atoms with Crippen LogP contribution in [-0.2, 0) is 6.18 Å². The first-order valence-corrected chi connectivity index (χ1v) is 6.61. The summed E-state index contributed by atoms with van der Waals surface area (Å²) >= 11 is 12.0. The van der Waals surface area contributed by atoms with Gasteiger partial charge in [-0.3, -0.25) is 4.98 Å². The molecule has 2 aromatic heterocycles. The minimum atomic E-state index is -4.49. The van der Waals surface area contributed by atoms with Gasteiger partial charge in [-0.1, -0.05) is 23.2 Å². The van der Waals surface area contributed by atoms with Crippen molar-refractivity contribution in [3.05, 3.63) is 52.3 Å². The minimum absolute atomic E-state index is 0.0608. The molecular formula is C14H7Cl2F3N2. The number of halogens is 5. The minimum Gasteiger partial charge on any atom is -0.354 e. The fourth-order valence-electron chi connectivity index (χ4n) is 2.10. The second kappa shape index (κ2) is 4.93. The average Bonchev–Trinajstić information content (AvgIpc) is 2.79. The first-order valence-electron chi connectivity index (χ1n) is 5.85. The van der Waals surface area contributed by atoms with E-state index >= 15 is 0 Å². The smallest absolute Gasteiger partial charge is 0.354 e. The summed E-state index contributed by atoms with van der Waals surface area (Å²) in [5.41, 5.74) is 0.801. The molecule has 0 unspecified atom stereocenters. The van der Waals surface area contributed by atoms with E-state index in [9.17, 15) is 13.2 Å². The van der Waals surface area contributed by atoms with Gasteiger partial charge in [0, 0.05) is 34.6 Å². The van der Waals surface area contributed by atoms with E-state index in [-0.39, 0.29) is 10.0 Å². The third kappa shape index (κ3) is 2.59. The number of benzene rings is 1. The molecule has 108 valence electrons. The number of hydrogen-bond donors (Lipinski definition) is 1. The maximum atomic E-state index is 12.7. The summed E-state index contributed by atoms with van der Waals surface area (Å²) in [7, 11) is 0. The normalized spacial score (nSPS) is 12.0. The lowest BCUT2D eigenvalue weighted by atomic mass is 10.1. The fourth-order valence-corrected chi connectivity index (χ4v) is 2.79. The van der Waals surface area contributed by atoms with E-state index in [4.69, 9.17) is 23.2 Å². The topological polar surface area (TPSA) is 28.7 Å². The number of alkyl halides is 3. The van der Waals surface area contributed by atoms with Gasteiger partial charge in [0.15, 0.2) is 0 Å². The van der Waals surface area contributed by atoms with Crippen LogP contribution >= 0.6 is 23.2 Å². The van der Waals surface area contributed by atoms with Crippen molar-refractivity contribution >= 4 is 34.1 Å². The number of hydrogen-bond acceptors (Lipinski definition) is 1. The number of aromatic amines is 1. The molecule has 0 saturated heterocycles. The van der Waals surface area contributed by atoms with Crippen molar-refractivity contribution in [3.8, 4) is 11.3 Å². The molecule has 0 fully saturated rings. The Bertz CT molecular complexity index is 768. The Morgan fingerprint density at radius 3 is 2.29 bits per heavy atom. The van der Waals surface area contributed by atoms with E-state index in [1.807, 2.05) is 0 Å². The second-order valence-corrected chi connectivity index (χ2v) is 5.27. The Morgan fingerprint density at radius 1 is 1.05 bits per heavy atom. The van der Waals surface area contributed by atoms with Crippen molar-refractivity contribution < 1.29 is 13.2 Å². The lowest BCUT2D eigenvalue weighted by molar-refractivity contribution is -0.137. The highest BCUT2D eigenvalue weighted by atomic mass is 35.5. The number of aromatic nitrogens is 2. The first-order chi connectivity index (χ1) is 9.86. The van der Waals surface area contributed by atoms with Crippen LogP contribution in [0.2, 0.25) is 10.0 Å². The Labute approximate surface area is 127 Å². The molecule has 2 nitrogen and oxygen atoms in total. The molecule has 21 heavy (non-hydrogen) atoms. The molecule has 0 saturated carbocycles. The van der Waals surface area contributed by atoms with Gasteiger partial charge in [0.25, 0.3) is 0 Å². The van der Waals surface area contributed by atoms with Crippen LogP contribution in [0.1, 0.15) is 5.56 Å². The van der Waals surface area contributed by atoms with Crippen molar-refractivity contribution in [2.75, 3.05) is 0 Å². The summed E-state index contributed by atoms with van der Waals surface area (Å²) in [6.45, 7) is 0. The second-order valence-electron chi connectivity index (χ2n) is 4.46. The molecule has 0 bridgehead atoms. The van der Waals surface area contributed by atoms with Crippen LogP contribution in [-0.4, -0.2) is 9.97 Å². The zero-order valence-corrected chi connectivity index (χ0v) is 11.8. The van der Waals surface area contributed by atoms with Gasteiger partial charge in [0.05, 0.1) is 15.6 Å². The Balaban J connectivity index is 2.18. The molecule has 1 N–H and O–H groups in total. The molecule has 2 heterocycles. The number of rotatable bonds is 1. The Morgan fingerprint density at radius 2 is 1.71 bits per heavy atom. The van der Waals surface area contributed by atoms with E-state index in [0.29, 0.717) is 11.3 Å². The highest BCUT2D eigenvalue weighted by molar-refractivity contribution is 6.39. The summed E-state index contributed by atoms with van der Waals surface area (Å²) in [4.78, 5) is 7.04. The zero-order valence-electron chi connectivity index (χ0n) is 10.3. The summed E-state index contributed by atoms with van der Waals surface area (Å²) in [5.74, 6) is 0. The molecule has 3 aromatic rings. The van der Waals surface area contributed by atoms with Gasteiger partial charge in [-0.15, -0.1) is 0 Å². The number of H-pyrrole nitrogens is 1. The van der Waals surface area contributed by atoms with Crippen molar-refractivity contribution in [1.82, 2.24) is 9.97 Å². The number of nitrogens with one attached hydrogen (secondary N) is 1. The highest BCUT2D eigenvalue weighted by Crippen LogP contribution is 2.40. The van der Waals surface area contributed by atoms with Crippen LogP contribution < -0.4 is 0 Å². The molecule has 0 spiro atoms. The van der Waals surface area contributed by atoms with E-state index in [1.165, 1.54) is 0 Å². The molecule has 0 radical (unpaired) electrons. The molecule has 1 aromatic carbocycles. The third-order valence-electron chi connectivity index (χ3n) is 3.06. The standard InChI is InChI=1S/C14H7Cl2F3N2/c15-9-4-8(14(17,18)19)5-10(16)13(9)12-3-7-6-20-2-1-11(7)21-12/h1-6,21H. The number of fused-ring (bicyclic) bond motifs is 1. The van der Waals surface area contributed by atoms with Crippen LogP contribution in [0.15, 0.2) is 36.7 Å². The molecule has 3 rings (SSSR count). The zero-order chi connectivity index (χ0) is 15.2. The molecule has 0 aliphatic heterocycles. The molecule has 0 atom stereocenters. The largest absolute Gasteiger partial charge is 0.416 e. The van der Waals surface area contributed by atoms with Gasteiger partial charge in [0.1, 0.15) is 0 Å². The van der Waals surface area contributed by atoms with E-state index < -0.39 is 11.7 Å².